The van der Waals surface area contributed by atoms with Crippen LogP contribution in [0.15, 0.2) is 29.6 Å². The standard InChI is InChI=1S/C20H19NOS/c1-6-15-7-16(11-21)9-17(8-15)18-10-19(23-12-18)20(4,5)13(2)14(3)22/h1,7-10,12-13H,2-5H3. The number of nitrogens with zero attached hydrogens (tertiary/aromatic N) is 1. The third-order valence-electron chi connectivity index (χ3n) is 4.49. The van der Waals surface area contributed by atoms with Gasteiger partial charge >= 0.3 is 0 Å². The molecule has 1 heterocycles. The molecule has 1 aromatic heterocycles. The van der Waals surface area contributed by atoms with Gasteiger partial charge in [-0.2, -0.15) is 5.26 Å². The molecule has 2 rings (SSSR count). The van der Waals surface area contributed by atoms with Crippen molar-refractivity contribution in [3.8, 4) is 29.5 Å². The van der Waals surface area contributed by atoms with E-state index in [4.69, 9.17) is 11.7 Å². The Morgan fingerprint density at radius 2 is 1.87 bits per heavy atom. The van der Waals surface area contributed by atoms with Gasteiger partial charge in [0.25, 0.3) is 0 Å². The molecule has 0 amide bonds. The fourth-order valence-corrected chi connectivity index (χ4v) is 3.62. The van der Waals surface area contributed by atoms with Crippen LogP contribution in [-0.4, -0.2) is 5.78 Å². The van der Waals surface area contributed by atoms with Crippen LogP contribution in [0.3, 0.4) is 0 Å². The molecule has 3 heteroatoms. The topological polar surface area (TPSA) is 40.9 Å². The Morgan fingerprint density at radius 3 is 2.43 bits per heavy atom. The van der Waals surface area contributed by atoms with Gasteiger partial charge in [0, 0.05) is 21.8 Å². The molecule has 0 aliphatic heterocycles. The Balaban J connectivity index is 2.46. The number of hydrogen-bond acceptors (Lipinski definition) is 3. The van der Waals surface area contributed by atoms with E-state index in [1.54, 1.807) is 24.3 Å². The summed E-state index contributed by atoms with van der Waals surface area (Å²) in [5.41, 5.74) is 2.99. The lowest BCUT2D eigenvalue weighted by Crippen LogP contribution is -2.30. The fraction of sp³-hybridized carbons (Fsp3) is 0.300. The zero-order valence-corrected chi connectivity index (χ0v) is 14.6. The van der Waals surface area contributed by atoms with Crippen LogP contribution in [0.25, 0.3) is 11.1 Å². The first kappa shape index (κ1) is 17.0. The number of carbonyl (C=O) groups excluding carboxylic acids is 1. The normalized spacial score (nSPS) is 12.3. The highest BCUT2D eigenvalue weighted by molar-refractivity contribution is 7.10. The summed E-state index contributed by atoms with van der Waals surface area (Å²) in [6.45, 7) is 7.78. The minimum Gasteiger partial charge on any atom is -0.300 e. The molecular weight excluding hydrogens is 302 g/mol. The Hall–Kier alpha value is -2.36. The zero-order chi connectivity index (χ0) is 17.2. The number of carbonyl (C=O) groups is 1. The van der Waals surface area contributed by atoms with Crippen molar-refractivity contribution in [2.45, 2.75) is 33.1 Å². The van der Waals surface area contributed by atoms with Gasteiger partial charge < -0.3 is 0 Å². The van der Waals surface area contributed by atoms with Gasteiger partial charge in [0.2, 0.25) is 0 Å². The number of hydrogen-bond donors (Lipinski definition) is 0. The van der Waals surface area contributed by atoms with Crippen molar-refractivity contribution in [1.82, 2.24) is 0 Å². The van der Waals surface area contributed by atoms with Crippen molar-refractivity contribution >= 4 is 17.1 Å². The van der Waals surface area contributed by atoms with Gasteiger partial charge in [-0.15, -0.1) is 17.8 Å². The van der Waals surface area contributed by atoms with Gasteiger partial charge in [0.1, 0.15) is 5.78 Å². The fourth-order valence-electron chi connectivity index (χ4n) is 2.49. The molecule has 1 aromatic carbocycles. The third kappa shape index (κ3) is 3.36. The number of thiophene rings is 1. The predicted molar refractivity (Wildman–Crippen MR) is 95.3 cm³/mol. The van der Waals surface area contributed by atoms with E-state index in [1.165, 1.54) is 0 Å². The predicted octanol–water partition coefficient (Wildman–Crippen LogP) is 4.77. The van der Waals surface area contributed by atoms with Crippen LogP contribution in [0.1, 0.15) is 43.7 Å². The number of ketones is 1. The third-order valence-corrected chi connectivity index (χ3v) is 5.76. The van der Waals surface area contributed by atoms with Gasteiger partial charge in [-0.3, -0.25) is 4.79 Å². The quantitative estimate of drug-likeness (QED) is 0.761. The Bertz CT molecular complexity index is 798. The molecular formula is C20H19NOS. The maximum atomic E-state index is 11.8. The van der Waals surface area contributed by atoms with E-state index in [9.17, 15) is 4.79 Å². The molecule has 0 bridgehead atoms. The Labute approximate surface area is 141 Å². The highest BCUT2D eigenvalue weighted by Gasteiger charge is 2.32. The lowest BCUT2D eigenvalue weighted by molar-refractivity contribution is -0.121. The summed E-state index contributed by atoms with van der Waals surface area (Å²) in [6, 6.07) is 9.70. The first-order chi connectivity index (χ1) is 10.8. The Morgan fingerprint density at radius 1 is 1.22 bits per heavy atom. The lowest BCUT2D eigenvalue weighted by atomic mass is 9.76. The molecule has 0 saturated heterocycles. The highest BCUT2D eigenvalue weighted by atomic mass is 32.1. The van der Waals surface area contributed by atoms with Gasteiger partial charge in [-0.05, 0) is 47.7 Å². The summed E-state index contributed by atoms with van der Waals surface area (Å²) in [5.74, 6) is 2.72. The van der Waals surface area contributed by atoms with Crippen LogP contribution in [0.4, 0.5) is 0 Å². The van der Waals surface area contributed by atoms with Crippen LogP contribution in [0.2, 0.25) is 0 Å². The largest absolute Gasteiger partial charge is 0.300 e. The monoisotopic (exact) mass is 321 g/mol. The molecule has 0 aliphatic rings. The van der Waals surface area contributed by atoms with Gasteiger partial charge in [0.15, 0.2) is 0 Å². The van der Waals surface area contributed by atoms with Gasteiger partial charge in [0.05, 0.1) is 11.6 Å². The van der Waals surface area contributed by atoms with Crippen molar-refractivity contribution in [2.24, 2.45) is 5.92 Å². The molecule has 116 valence electrons. The van der Waals surface area contributed by atoms with E-state index in [2.05, 4.69) is 37.3 Å². The second-order valence-corrected chi connectivity index (χ2v) is 7.22. The van der Waals surface area contributed by atoms with Crippen LogP contribution in [-0.2, 0) is 10.2 Å². The number of Topliss-reactive ketones (excluding diaryl/α,β-unsaturated/α-hetero) is 1. The van der Waals surface area contributed by atoms with Crippen LogP contribution in [0, 0.1) is 29.6 Å². The molecule has 0 radical (unpaired) electrons. The molecule has 0 N–H and O–H groups in total. The van der Waals surface area contributed by atoms with E-state index in [0.29, 0.717) is 11.1 Å². The first-order valence-corrected chi connectivity index (χ1v) is 8.29. The van der Waals surface area contributed by atoms with Crippen molar-refractivity contribution in [3.63, 3.8) is 0 Å². The summed E-state index contributed by atoms with van der Waals surface area (Å²) >= 11 is 1.64. The van der Waals surface area contributed by atoms with Crippen molar-refractivity contribution in [3.05, 3.63) is 45.6 Å². The van der Waals surface area contributed by atoms with Gasteiger partial charge in [-0.1, -0.05) is 26.7 Å². The van der Waals surface area contributed by atoms with E-state index >= 15 is 0 Å². The van der Waals surface area contributed by atoms with Crippen molar-refractivity contribution in [2.75, 3.05) is 0 Å². The molecule has 2 aromatic rings. The van der Waals surface area contributed by atoms with Crippen LogP contribution < -0.4 is 0 Å². The molecule has 1 unspecified atom stereocenters. The summed E-state index contributed by atoms with van der Waals surface area (Å²) in [5, 5.41) is 11.2. The summed E-state index contributed by atoms with van der Waals surface area (Å²) in [7, 11) is 0. The zero-order valence-electron chi connectivity index (χ0n) is 13.8. The van der Waals surface area contributed by atoms with Crippen molar-refractivity contribution < 1.29 is 4.79 Å². The molecule has 23 heavy (non-hydrogen) atoms. The van der Waals surface area contributed by atoms with E-state index < -0.39 is 0 Å². The molecule has 0 spiro atoms. The smallest absolute Gasteiger partial charge is 0.133 e. The molecule has 2 nitrogen and oxygen atoms in total. The molecule has 0 aliphatic carbocycles. The van der Waals surface area contributed by atoms with Gasteiger partial charge in [-0.25, -0.2) is 0 Å². The van der Waals surface area contributed by atoms with E-state index in [0.717, 1.165) is 16.0 Å². The SMILES string of the molecule is C#Cc1cc(C#N)cc(-c2csc(C(C)(C)C(C)C(C)=O)c2)c1. The maximum Gasteiger partial charge on any atom is 0.133 e. The van der Waals surface area contributed by atoms with Crippen LogP contribution in [0.5, 0.6) is 0 Å². The second-order valence-electron chi connectivity index (χ2n) is 6.31. The minimum atomic E-state index is -0.226. The minimum absolute atomic E-state index is 0.0549. The number of benzene rings is 1. The van der Waals surface area contributed by atoms with Crippen molar-refractivity contribution in [1.29, 1.82) is 5.26 Å². The molecule has 1 atom stereocenters. The summed E-state index contributed by atoms with van der Waals surface area (Å²) in [4.78, 5) is 12.9. The number of nitriles is 1. The number of rotatable bonds is 4. The maximum absolute atomic E-state index is 11.8. The average molecular weight is 321 g/mol. The summed E-state index contributed by atoms with van der Waals surface area (Å²) in [6.07, 6.45) is 5.47. The van der Waals surface area contributed by atoms with Crippen LogP contribution >= 0.6 is 11.3 Å². The highest BCUT2D eigenvalue weighted by Crippen LogP contribution is 2.39. The van der Waals surface area contributed by atoms with E-state index in [1.807, 2.05) is 19.1 Å². The van der Waals surface area contributed by atoms with E-state index in [-0.39, 0.29) is 17.1 Å². The summed E-state index contributed by atoms with van der Waals surface area (Å²) < 4.78 is 0. The first-order valence-electron chi connectivity index (χ1n) is 7.41. The molecule has 0 saturated carbocycles. The second kappa shape index (κ2) is 6.41. The Kier molecular flexibility index (Phi) is 4.73. The average Bonchev–Trinajstić information content (AvgIpc) is 3.04. The molecule has 0 fully saturated rings. The number of terminal acetylenes is 1. The lowest BCUT2D eigenvalue weighted by Gasteiger charge is -2.29.